The highest BCUT2D eigenvalue weighted by Crippen LogP contribution is 2.30. The minimum Gasteiger partial charge on any atom is -0.347 e. The molecule has 2 aliphatic rings. The highest BCUT2D eigenvalue weighted by atomic mass is 16.7. The zero-order valence-corrected chi connectivity index (χ0v) is 13.1. The van der Waals surface area contributed by atoms with Crippen LogP contribution in [0.4, 0.5) is 0 Å². The molecule has 23 heavy (non-hydrogen) atoms. The van der Waals surface area contributed by atoms with Crippen LogP contribution in [0.15, 0.2) is 24.4 Å². The molecule has 1 aromatic heterocycles. The Morgan fingerprint density at radius 2 is 2.00 bits per heavy atom. The molecular weight excluding hydrogens is 296 g/mol. The Labute approximate surface area is 134 Å². The summed E-state index contributed by atoms with van der Waals surface area (Å²) in [4.78, 5) is 12.6. The van der Waals surface area contributed by atoms with Crippen LogP contribution < -0.4 is 5.43 Å². The Kier molecular flexibility index (Phi) is 3.56. The first kappa shape index (κ1) is 14.6. The monoisotopic (exact) mass is 316 g/mol. The summed E-state index contributed by atoms with van der Waals surface area (Å²) in [6, 6.07) is 5.59. The number of carbonyl (C=O) groups excluding carboxylic acids is 1. The third-order valence-electron chi connectivity index (χ3n) is 4.51. The van der Waals surface area contributed by atoms with E-state index in [1.165, 1.54) is 0 Å². The quantitative estimate of drug-likeness (QED) is 0.897. The molecule has 0 bridgehead atoms. The van der Waals surface area contributed by atoms with Gasteiger partial charge >= 0.3 is 0 Å². The molecule has 3 heterocycles. The average molecular weight is 316 g/mol. The highest BCUT2D eigenvalue weighted by molar-refractivity contribution is 6.05. The standard InChI is InChI=1S/C16H20N4O3/c1-19-11-13-12(3-2-4-14(13)17-19)15(21)18-20-7-5-16(6-8-20)22-9-10-23-16/h2-4,11H,5-10H2,1H3,(H,18,21). The van der Waals surface area contributed by atoms with Gasteiger partial charge in [0.25, 0.3) is 5.91 Å². The molecule has 0 radical (unpaired) electrons. The summed E-state index contributed by atoms with van der Waals surface area (Å²) in [5, 5.41) is 7.14. The molecule has 2 aromatic rings. The SMILES string of the molecule is Cn1cc2c(C(=O)NN3CCC4(CC3)OCCO4)cccc2n1. The minimum atomic E-state index is -0.426. The molecule has 122 valence electrons. The second-order valence-corrected chi connectivity index (χ2v) is 6.08. The molecule has 0 unspecified atom stereocenters. The summed E-state index contributed by atoms with van der Waals surface area (Å²) in [5.74, 6) is -0.530. The molecule has 7 heteroatoms. The van der Waals surface area contributed by atoms with Crippen LogP contribution in [0.1, 0.15) is 23.2 Å². The van der Waals surface area contributed by atoms with Crippen LogP contribution in [0.3, 0.4) is 0 Å². The van der Waals surface area contributed by atoms with Gasteiger partial charge in [0.15, 0.2) is 5.79 Å². The highest BCUT2D eigenvalue weighted by Gasteiger charge is 2.40. The molecule has 4 rings (SSSR count). The van der Waals surface area contributed by atoms with Crippen molar-refractivity contribution in [3.8, 4) is 0 Å². The fraction of sp³-hybridized carbons (Fsp3) is 0.500. The largest absolute Gasteiger partial charge is 0.347 e. The average Bonchev–Trinajstić information content (AvgIpc) is 3.15. The van der Waals surface area contributed by atoms with Crippen molar-refractivity contribution in [2.24, 2.45) is 7.05 Å². The zero-order valence-electron chi connectivity index (χ0n) is 13.1. The number of rotatable bonds is 2. The molecule has 0 saturated carbocycles. The zero-order chi connectivity index (χ0) is 15.9. The summed E-state index contributed by atoms with van der Waals surface area (Å²) in [6.45, 7) is 2.76. The van der Waals surface area contributed by atoms with Crippen LogP contribution in [0.2, 0.25) is 0 Å². The first-order chi connectivity index (χ1) is 11.2. The van der Waals surface area contributed by atoms with Crippen molar-refractivity contribution in [1.82, 2.24) is 20.2 Å². The summed E-state index contributed by atoms with van der Waals surface area (Å²) < 4.78 is 13.1. The molecular formula is C16H20N4O3. The molecule has 1 aromatic carbocycles. The van der Waals surface area contributed by atoms with Gasteiger partial charge in [0, 0.05) is 44.6 Å². The molecule has 2 saturated heterocycles. The summed E-state index contributed by atoms with van der Waals surface area (Å²) in [6.07, 6.45) is 3.41. The Balaban J connectivity index is 1.45. The van der Waals surface area contributed by atoms with Gasteiger partial charge in [0.05, 0.1) is 24.3 Å². The summed E-state index contributed by atoms with van der Waals surface area (Å²) in [7, 11) is 1.85. The predicted molar refractivity (Wildman–Crippen MR) is 83.6 cm³/mol. The van der Waals surface area contributed by atoms with Crippen LogP contribution in [0, 0.1) is 0 Å². The van der Waals surface area contributed by atoms with Crippen molar-refractivity contribution < 1.29 is 14.3 Å². The van der Waals surface area contributed by atoms with Gasteiger partial charge in [-0.25, -0.2) is 5.01 Å². The van der Waals surface area contributed by atoms with E-state index in [4.69, 9.17) is 9.47 Å². The lowest BCUT2D eigenvalue weighted by Crippen LogP contribution is -2.52. The first-order valence-electron chi connectivity index (χ1n) is 7.91. The van der Waals surface area contributed by atoms with E-state index >= 15 is 0 Å². The molecule has 1 N–H and O–H groups in total. The smallest absolute Gasteiger partial charge is 0.266 e. The van der Waals surface area contributed by atoms with Crippen LogP contribution in [-0.2, 0) is 16.5 Å². The van der Waals surface area contributed by atoms with Gasteiger partial charge in [-0.05, 0) is 12.1 Å². The van der Waals surface area contributed by atoms with Crippen LogP contribution in [0.25, 0.3) is 10.9 Å². The Morgan fingerprint density at radius 3 is 2.74 bits per heavy atom. The van der Waals surface area contributed by atoms with Gasteiger partial charge in [0.1, 0.15) is 0 Å². The summed E-state index contributed by atoms with van der Waals surface area (Å²) in [5.41, 5.74) is 4.46. The van der Waals surface area contributed by atoms with Crippen LogP contribution in [-0.4, -0.2) is 52.8 Å². The fourth-order valence-corrected chi connectivity index (χ4v) is 3.31. The number of nitrogens with one attached hydrogen (secondary N) is 1. The maximum atomic E-state index is 12.6. The van der Waals surface area contributed by atoms with Crippen molar-refractivity contribution in [3.05, 3.63) is 30.0 Å². The molecule has 2 aliphatic heterocycles. The number of hydrogen-bond donors (Lipinski definition) is 1. The second kappa shape index (κ2) is 5.59. The summed E-state index contributed by atoms with van der Waals surface area (Å²) >= 11 is 0. The van der Waals surface area contributed by atoms with E-state index in [0.29, 0.717) is 18.8 Å². The third-order valence-corrected chi connectivity index (χ3v) is 4.51. The molecule has 2 fully saturated rings. The molecule has 1 amide bonds. The van der Waals surface area contributed by atoms with Gasteiger partial charge < -0.3 is 9.47 Å². The number of hydrazine groups is 1. The van der Waals surface area contributed by atoms with E-state index < -0.39 is 5.79 Å². The van der Waals surface area contributed by atoms with Crippen molar-refractivity contribution in [3.63, 3.8) is 0 Å². The van der Waals surface area contributed by atoms with Gasteiger partial charge in [0.2, 0.25) is 0 Å². The Morgan fingerprint density at radius 1 is 1.26 bits per heavy atom. The minimum absolute atomic E-state index is 0.104. The maximum absolute atomic E-state index is 12.6. The van der Waals surface area contributed by atoms with E-state index in [9.17, 15) is 4.79 Å². The second-order valence-electron chi connectivity index (χ2n) is 6.08. The molecule has 7 nitrogen and oxygen atoms in total. The Bertz CT molecular complexity index is 726. The van der Waals surface area contributed by atoms with E-state index in [1.54, 1.807) is 4.68 Å². The van der Waals surface area contributed by atoms with Gasteiger partial charge in [-0.15, -0.1) is 0 Å². The number of amides is 1. The number of nitrogens with zero attached hydrogens (tertiary/aromatic N) is 3. The van der Waals surface area contributed by atoms with E-state index in [-0.39, 0.29) is 5.91 Å². The van der Waals surface area contributed by atoms with Gasteiger partial charge in [-0.3, -0.25) is 14.9 Å². The molecule has 0 aliphatic carbocycles. The normalized spacial score (nSPS) is 21.1. The molecule has 1 spiro atoms. The number of hydrogen-bond acceptors (Lipinski definition) is 5. The topological polar surface area (TPSA) is 68.6 Å². The van der Waals surface area contributed by atoms with Crippen molar-refractivity contribution >= 4 is 16.8 Å². The van der Waals surface area contributed by atoms with E-state index in [2.05, 4.69) is 10.5 Å². The van der Waals surface area contributed by atoms with Crippen molar-refractivity contribution in [1.29, 1.82) is 0 Å². The molecule has 0 atom stereocenters. The number of piperidine rings is 1. The predicted octanol–water partition coefficient (Wildman–Crippen LogP) is 1.06. The van der Waals surface area contributed by atoms with E-state index in [0.717, 1.165) is 36.8 Å². The lowest BCUT2D eigenvalue weighted by Gasteiger charge is -2.37. The third kappa shape index (κ3) is 2.71. The van der Waals surface area contributed by atoms with Crippen molar-refractivity contribution in [2.75, 3.05) is 26.3 Å². The van der Waals surface area contributed by atoms with Crippen LogP contribution in [0.5, 0.6) is 0 Å². The van der Waals surface area contributed by atoms with Gasteiger partial charge in [-0.2, -0.15) is 5.10 Å². The number of carbonyl (C=O) groups is 1. The number of fused-ring (bicyclic) bond motifs is 1. The maximum Gasteiger partial charge on any atom is 0.266 e. The van der Waals surface area contributed by atoms with E-state index in [1.807, 2.05) is 36.5 Å². The number of ether oxygens (including phenoxy) is 2. The Hall–Kier alpha value is -1.96. The van der Waals surface area contributed by atoms with Gasteiger partial charge in [-0.1, -0.05) is 6.07 Å². The number of benzene rings is 1. The first-order valence-corrected chi connectivity index (χ1v) is 7.91. The fourth-order valence-electron chi connectivity index (χ4n) is 3.31. The number of aryl methyl sites for hydroxylation is 1. The lowest BCUT2D eigenvalue weighted by atomic mass is 10.1. The van der Waals surface area contributed by atoms with Crippen molar-refractivity contribution in [2.45, 2.75) is 18.6 Å². The number of aromatic nitrogens is 2. The van der Waals surface area contributed by atoms with Crippen LogP contribution >= 0.6 is 0 Å². The lowest BCUT2D eigenvalue weighted by molar-refractivity contribution is -0.187.